The molecule has 1 aromatic heterocycles. The van der Waals surface area contributed by atoms with Crippen LogP contribution in [0.2, 0.25) is 0 Å². The third kappa shape index (κ3) is 3.27. The van der Waals surface area contributed by atoms with Crippen LogP contribution in [-0.2, 0) is 6.54 Å². The Morgan fingerprint density at radius 3 is 2.52 bits per heavy atom. The lowest BCUT2D eigenvalue weighted by atomic mass is 10.1. The summed E-state index contributed by atoms with van der Waals surface area (Å²) in [5.41, 5.74) is 3.85. The summed E-state index contributed by atoms with van der Waals surface area (Å²) in [4.78, 5) is 12.4. The normalized spacial score (nSPS) is 10.9. The van der Waals surface area contributed by atoms with Crippen LogP contribution >= 0.6 is 0 Å². The van der Waals surface area contributed by atoms with Gasteiger partial charge in [-0.05, 0) is 37.7 Å². The van der Waals surface area contributed by atoms with Crippen molar-refractivity contribution in [2.45, 2.75) is 20.4 Å². The molecule has 0 radical (unpaired) electrons. The number of nitrogens with one attached hydrogen (secondary N) is 2. The first-order valence-electron chi connectivity index (χ1n) is 7.78. The van der Waals surface area contributed by atoms with Gasteiger partial charge in [0.05, 0.1) is 11.3 Å². The molecule has 0 aliphatic carbocycles. The molecule has 0 atom stereocenters. The molecule has 118 valence electrons. The Morgan fingerprint density at radius 2 is 1.78 bits per heavy atom. The van der Waals surface area contributed by atoms with E-state index >= 15 is 0 Å². The van der Waals surface area contributed by atoms with Crippen molar-refractivity contribution >= 4 is 22.3 Å². The van der Waals surface area contributed by atoms with Crippen LogP contribution < -0.4 is 16.3 Å². The average Bonchev–Trinajstić information content (AvgIpc) is 2.56. The van der Waals surface area contributed by atoms with Crippen molar-refractivity contribution in [1.29, 1.82) is 0 Å². The zero-order chi connectivity index (χ0) is 16.2. The van der Waals surface area contributed by atoms with E-state index < -0.39 is 0 Å². The van der Waals surface area contributed by atoms with Crippen LogP contribution in [-0.4, -0.2) is 6.54 Å². The molecular formula is C19H20N2O2. The Kier molecular flexibility index (Phi) is 4.44. The Balaban J connectivity index is 2.14. The maximum atomic E-state index is 12.4. The molecule has 0 aliphatic rings. The Labute approximate surface area is 135 Å². The molecule has 0 saturated heterocycles. The minimum atomic E-state index is -0.306. The van der Waals surface area contributed by atoms with Gasteiger partial charge in [0.1, 0.15) is 5.58 Å². The van der Waals surface area contributed by atoms with Gasteiger partial charge in [-0.1, -0.05) is 36.8 Å². The van der Waals surface area contributed by atoms with Gasteiger partial charge in [0.15, 0.2) is 0 Å². The van der Waals surface area contributed by atoms with Gasteiger partial charge in [-0.15, -0.1) is 0 Å². The van der Waals surface area contributed by atoms with E-state index in [2.05, 4.69) is 10.6 Å². The fourth-order valence-corrected chi connectivity index (χ4v) is 2.52. The Bertz CT molecular complexity index is 867. The van der Waals surface area contributed by atoms with E-state index in [1.54, 1.807) is 0 Å². The highest BCUT2D eigenvalue weighted by Crippen LogP contribution is 2.28. The number of hydrogen-bond donors (Lipinski definition) is 2. The van der Waals surface area contributed by atoms with Crippen molar-refractivity contribution in [2.75, 3.05) is 11.9 Å². The largest absolute Gasteiger partial charge is 0.422 e. The molecule has 4 nitrogen and oxygen atoms in total. The second kappa shape index (κ2) is 6.67. The SMILES string of the molecule is CCNCc1c(Nc2ccc(C)cc2)c2ccccc2oc1=O. The molecule has 2 aromatic carbocycles. The van der Waals surface area contributed by atoms with Gasteiger partial charge in [0, 0.05) is 17.6 Å². The first kappa shape index (κ1) is 15.3. The molecule has 0 fully saturated rings. The Hall–Kier alpha value is -2.59. The second-order valence-electron chi connectivity index (χ2n) is 5.51. The summed E-state index contributed by atoms with van der Waals surface area (Å²) in [6, 6.07) is 15.7. The van der Waals surface area contributed by atoms with Crippen molar-refractivity contribution in [1.82, 2.24) is 5.32 Å². The maximum absolute atomic E-state index is 12.4. The van der Waals surface area contributed by atoms with Crippen LogP contribution in [0, 0.1) is 6.92 Å². The highest BCUT2D eigenvalue weighted by molar-refractivity contribution is 5.93. The molecule has 0 unspecified atom stereocenters. The van der Waals surface area contributed by atoms with Gasteiger partial charge in [0.2, 0.25) is 0 Å². The molecule has 2 N–H and O–H groups in total. The first-order chi connectivity index (χ1) is 11.2. The number of aryl methyl sites for hydroxylation is 1. The second-order valence-corrected chi connectivity index (χ2v) is 5.51. The van der Waals surface area contributed by atoms with Crippen molar-refractivity contribution in [3.05, 3.63) is 70.1 Å². The summed E-state index contributed by atoms with van der Waals surface area (Å²) in [6.07, 6.45) is 0. The van der Waals surface area contributed by atoms with Gasteiger partial charge in [-0.2, -0.15) is 0 Å². The molecule has 1 heterocycles. The lowest BCUT2D eigenvalue weighted by Crippen LogP contribution is -2.20. The summed E-state index contributed by atoms with van der Waals surface area (Å²) < 4.78 is 5.45. The molecular weight excluding hydrogens is 288 g/mol. The van der Waals surface area contributed by atoms with Crippen molar-refractivity contribution < 1.29 is 4.42 Å². The third-order valence-corrected chi connectivity index (χ3v) is 3.78. The van der Waals surface area contributed by atoms with E-state index in [9.17, 15) is 4.79 Å². The standard InChI is InChI=1S/C19H20N2O2/c1-3-20-12-16-18(21-14-10-8-13(2)9-11-14)15-6-4-5-7-17(15)23-19(16)22/h4-11,20-21H,3,12H2,1-2H3. The van der Waals surface area contributed by atoms with Crippen LogP contribution in [0.1, 0.15) is 18.1 Å². The molecule has 0 amide bonds. The number of benzene rings is 2. The van der Waals surface area contributed by atoms with Gasteiger partial charge in [-0.3, -0.25) is 0 Å². The fourth-order valence-electron chi connectivity index (χ4n) is 2.52. The van der Waals surface area contributed by atoms with E-state index in [4.69, 9.17) is 4.42 Å². The number of rotatable bonds is 5. The van der Waals surface area contributed by atoms with Gasteiger partial charge < -0.3 is 15.1 Å². The van der Waals surface area contributed by atoms with Crippen LogP contribution in [0.3, 0.4) is 0 Å². The first-order valence-corrected chi connectivity index (χ1v) is 7.78. The third-order valence-electron chi connectivity index (χ3n) is 3.78. The van der Waals surface area contributed by atoms with Crippen molar-refractivity contribution in [3.8, 4) is 0 Å². The molecule has 0 spiro atoms. The van der Waals surface area contributed by atoms with Crippen molar-refractivity contribution in [3.63, 3.8) is 0 Å². The molecule has 4 heteroatoms. The molecule has 0 aliphatic heterocycles. The maximum Gasteiger partial charge on any atom is 0.342 e. The summed E-state index contributed by atoms with van der Waals surface area (Å²) in [6.45, 7) is 5.32. The number of para-hydroxylation sites is 1. The molecule has 0 bridgehead atoms. The monoisotopic (exact) mass is 308 g/mol. The summed E-state index contributed by atoms with van der Waals surface area (Å²) in [5, 5.41) is 7.50. The fraction of sp³-hybridized carbons (Fsp3) is 0.211. The van der Waals surface area contributed by atoms with Crippen LogP contribution in [0.4, 0.5) is 11.4 Å². The average molecular weight is 308 g/mol. The van der Waals surface area contributed by atoms with Crippen LogP contribution in [0.25, 0.3) is 11.0 Å². The van der Waals surface area contributed by atoms with Gasteiger partial charge in [0.25, 0.3) is 0 Å². The Morgan fingerprint density at radius 1 is 1.04 bits per heavy atom. The minimum Gasteiger partial charge on any atom is -0.422 e. The van der Waals surface area contributed by atoms with Crippen molar-refractivity contribution in [2.24, 2.45) is 0 Å². The molecule has 3 rings (SSSR count). The highest BCUT2D eigenvalue weighted by Gasteiger charge is 2.14. The molecule has 0 saturated carbocycles. The van der Waals surface area contributed by atoms with E-state index in [-0.39, 0.29) is 5.63 Å². The van der Waals surface area contributed by atoms with Gasteiger partial charge in [-0.25, -0.2) is 4.79 Å². The minimum absolute atomic E-state index is 0.306. The predicted octanol–water partition coefficient (Wildman–Crippen LogP) is 3.95. The highest BCUT2D eigenvalue weighted by atomic mass is 16.4. The van der Waals surface area contributed by atoms with E-state index in [0.29, 0.717) is 17.7 Å². The predicted molar refractivity (Wildman–Crippen MR) is 94.3 cm³/mol. The summed E-state index contributed by atoms with van der Waals surface area (Å²) >= 11 is 0. The lowest BCUT2D eigenvalue weighted by Gasteiger charge is -2.14. The lowest BCUT2D eigenvalue weighted by molar-refractivity contribution is 0.544. The number of fused-ring (bicyclic) bond motifs is 1. The number of hydrogen-bond acceptors (Lipinski definition) is 4. The number of anilines is 2. The van der Waals surface area contributed by atoms with Gasteiger partial charge >= 0.3 is 5.63 Å². The van der Waals surface area contributed by atoms with E-state index in [0.717, 1.165) is 23.3 Å². The topological polar surface area (TPSA) is 54.3 Å². The zero-order valence-electron chi connectivity index (χ0n) is 13.3. The summed E-state index contributed by atoms with van der Waals surface area (Å²) in [7, 11) is 0. The zero-order valence-corrected chi connectivity index (χ0v) is 13.3. The van der Waals surface area contributed by atoms with Crippen LogP contribution in [0.5, 0.6) is 0 Å². The molecule has 23 heavy (non-hydrogen) atoms. The van der Waals surface area contributed by atoms with E-state index in [1.165, 1.54) is 5.56 Å². The van der Waals surface area contributed by atoms with Crippen LogP contribution in [0.15, 0.2) is 57.7 Å². The quantitative estimate of drug-likeness (QED) is 0.701. The molecule has 3 aromatic rings. The smallest absolute Gasteiger partial charge is 0.342 e. The van der Waals surface area contributed by atoms with E-state index in [1.807, 2.05) is 62.4 Å². The summed E-state index contributed by atoms with van der Waals surface area (Å²) in [5.74, 6) is 0.